The monoisotopic (exact) mass is 283 g/mol. The zero-order chi connectivity index (χ0) is 14.8. The van der Waals surface area contributed by atoms with Gasteiger partial charge in [0.2, 0.25) is 0 Å². The van der Waals surface area contributed by atoms with Gasteiger partial charge < -0.3 is 10.1 Å². The maximum atomic E-state index is 14.2. The van der Waals surface area contributed by atoms with Gasteiger partial charge in [0.05, 0.1) is 5.56 Å². The van der Waals surface area contributed by atoms with E-state index < -0.39 is 5.82 Å². The summed E-state index contributed by atoms with van der Waals surface area (Å²) in [4.78, 5) is 15.1. The molecule has 0 aliphatic carbocycles. The molecule has 0 bridgehead atoms. The van der Waals surface area contributed by atoms with Crippen LogP contribution in [0.25, 0.3) is 0 Å². The molecule has 0 spiro atoms. The molecule has 21 heavy (non-hydrogen) atoms. The zero-order valence-electron chi connectivity index (χ0n) is 10.9. The van der Waals surface area contributed by atoms with E-state index in [1.165, 1.54) is 24.4 Å². The lowest BCUT2D eigenvalue weighted by molar-refractivity contribution is 0.112. The topological polar surface area (TPSA) is 75.0 Å². The van der Waals surface area contributed by atoms with Crippen LogP contribution in [0.3, 0.4) is 0 Å². The second kappa shape index (κ2) is 5.21. The van der Waals surface area contributed by atoms with Gasteiger partial charge in [0.25, 0.3) is 0 Å². The van der Waals surface area contributed by atoms with Gasteiger partial charge in [0, 0.05) is 30.6 Å². The number of hydrogen-bond acceptors (Lipinski definition) is 5. The molecular formula is C15H10FN3O2. The summed E-state index contributed by atoms with van der Waals surface area (Å²) in [6.45, 7) is 0.660. The summed E-state index contributed by atoms with van der Waals surface area (Å²) in [5.74, 6) is -0.488. The summed E-state index contributed by atoms with van der Waals surface area (Å²) in [6.07, 6.45) is 2.62. The van der Waals surface area contributed by atoms with Crippen LogP contribution in [0.5, 0.6) is 11.5 Å². The second-order valence-electron chi connectivity index (χ2n) is 4.51. The predicted octanol–water partition coefficient (Wildman–Crippen LogP) is 2.67. The highest BCUT2D eigenvalue weighted by atomic mass is 19.1. The van der Waals surface area contributed by atoms with E-state index in [1.54, 1.807) is 0 Å². The minimum atomic E-state index is -0.624. The predicted molar refractivity (Wildman–Crippen MR) is 73.0 cm³/mol. The van der Waals surface area contributed by atoms with E-state index in [9.17, 15) is 9.18 Å². The van der Waals surface area contributed by atoms with Crippen LogP contribution in [0.2, 0.25) is 0 Å². The highest BCUT2D eigenvalue weighted by Crippen LogP contribution is 2.36. The van der Waals surface area contributed by atoms with Gasteiger partial charge in [-0.05, 0) is 18.1 Å². The molecule has 3 rings (SSSR count). The quantitative estimate of drug-likeness (QED) is 0.876. The Hall–Kier alpha value is -2.94. The number of ether oxygens (including phenoxy) is 1. The second-order valence-corrected chi connectivity index (χ2v) is 4.51. The summed E-state index contributed by atoms with van der Waals surface area (Å²) < 4.78 is 19.6. The van der Waals surface area contributed by atoms with Gasteiger partial charge in [-0.15, -0.1) is 0 Å². The van der Waals surface area contributed by atoms with Crippen LogP contribution in [0.15, 0.2) is 24.4 Å². The Balaban J connectivity index is 2.06. The van der Waals surface area contributed by atoms with Crippen molar-refractivity contribution < 1.29 is 13.9 Å². The number of hydrogen-bond donors (Lipinski definition) is 1. The largest absolute Gasteiger partial charge is 0.453 e. The fourth-order valence-corrected chi connectivity index (χ4v) is 2.32. The number of carbonyl (C=O) groups excluding carboxylic acids is 1. The first kappa shape index (κ1) is 13.1. The first-order valence-corrected chi connectivity index (χ1v) is 6.31. The van der Waals surface area contributed by atoms with Crippen molar-refractivity contribution >= 4 is 12.0 Å². The lowest BCUT2D eigenvalue weighted by atomic mass is 10.0. The lowest BCUT2D eigenvalue weighted by Gasteiger charge is -2.12. The zero-order valence-corrected chi connectivity index (χ0v) is 10.9. The number of carbonyl (C=O) groups is 1. The van der Waals surface area contributed by atoms with E-state index in [4.69, 9.17) is 10.00 Å². The molecule has 0 atom stereocenters. The average Bonchev–Trinajstić information content (AvgIpc) is 2.96. The maximum Gasteiger partial charge on any atom is 0.173 e. The molecule has 1 aromatic heterocycles. The van der Waals surface area contributed by atoms with Gasteiger partial charge in [-0.3, -0.25) is 4.79 Å². The number of halogens is 1. The van der Waals surface area contributed by atoms with Gasteiger partial charge in [-0.2, -0.15) is 5.26 Å². The molecule has 1 aliphatic rings. The smallest absolute Gasteiger partial charge is 0.173 e. The minimum absolute atomic E-state index is 0.123. The molecule has 5 nitrogen and oxygen atoms in total. The van der Waals surface area contributed by atoms with E-state index in [2.05, 4.69) is 10.3 Å². The van der Waals surface area contributed by atoms with Crippen LogP contribution in [0.4, 0.5) is 10.1 Å². The van der Waals surface area contributed by atoms with E-state index in [0.29, 0.717) is 24.9 Å². The molecule has 6 heteroatoms. The van der Waals surface area contributed by atoms with Gasteiger partial charge >= 0.3 is 0 Å². The first-order chi connectivity index (χ1) is 10.2. The number of fused-ring (bicyclic) bond motifs is 1. The molecule has 0 saturated carbocycles. The number of aromatic nitrogens is 1. The highest BCUT2D eigenvalue weighted by molar-refractivity contribution is 5.86. The first-order valence-electron chi connectivity index (χ1n) is 6.31. The molecule has 1 aliphatic heterocycles. The van der Waals surface area contributed by atoms with Crippen LogP contribution < -0.4 is 10.1 Å². The standard InChI is InChI=1S/C15H10FN3O2/c16-13-6-14-11(2-4-19-14)12(8-20)15(13)21-10-1-3-18-9(5-10)7-17/h1,3,5-6,8,19H,2,4H2. The normalized spacial score (nSPS) is 12.2. The lowest BCUT2D eigenvalue weighted by Crippen LogP contribution is -1.99. The average molecular weight is 283 g/mol. The highest BCUT2D eigenvalue weighted by Gasteiger charge is 2.22. The van der Waals surface area contributed by atoms with Crippen molar-refractivity contribution in [3.05, 3.63) is 47.0 Å². The summed E-state index contributed by atoms with van der Waals surface area (Å²) in [6, 6.07) is 6.08. The van der Waals surface area contributed by atoms with E-state index >= 15 is 0 Å². The number of nitrogens with one attached hydrogen (secondary N) is 1. The maximum absolute atomic E-state index is 14.2. The van der Waals surface area contributed by atoms with Crippen LogP contribution in [0, 0.1) is 17.1 Å². The summed E-state index contributed by atoms with van der Waals surface area (Å²) in [5.41, 5.74) is 1.72. The number of nitriles is 1. The van der Waals surface area contributed by atoms with Crippen molar-refractivity contribution in [2.75, 3.05) is 11.9 Å². The number of rotatable bonds is 3. The molecule has 1 N–H and O–H groups in total. The number of anilines is 1. The van der Waals surface area contributed by atoms with E-state index in [-0.39, 0.29) is 22.8 Å². The van der Waals surface area contributed by atoms with Crippen LogP contribution in [0.1, 0.15) is 21.6 Å². The van der Waals surface area contributed by atoms with Crippen molar-refractivity contribution in [2.24, 2.45) is 0 Å². The van der Waals surface area contributed by atoms with Gasteiger partial charge in [-0.1, -0.05) is 0 Å². The third-order valence-corrected chi connectivity index (χ3v) is 3.26. The molecular weight excluding hydrogens is 273 g/mol. The molecule has 0 saturated heterocycles. The van der Waals surface area contributed by atoms with Crippen molar-refractivity contribution in [1.29, 1.82) is 5.26 Å². The van der Waals surface area contributed by atoms with Crippen molar-refractivity contribution in [2.45, 2.75) is 6.42 Å². The van der Waals surface area contributed by atoms with Crippen molar-refractivity contribution in [3.63, 3.8) is 0 Å². The third-order valence-electron chi connectivity index (χ3n) is 3.26. The van der Waals surface area contributed by atoms with Crippen LogP contribution >= 0.6 is 0 Å². The Bertz CT molecular complexity index is 768. The van der Waals surface area contributed by atoms with Crippen molar-refractivity contribution in [1.82, 2.24) is 4.98 Å². The van der Waals surface area contributed by atoms with Crippen LogP contribution in [-0.4, -0.2) is 17.8 Å². The van der Waals surface area contributed by atoms with Crippen molar-refractivity contribution in [3.8, 4) is 17.6 Å². The Kier molecular flexibility index (Phi) is 3.24. The fraction of sp³-hybridized carbons (Fsp3) is 0.133. The molecule has 2 heterocycles. The van der Waals surface area contributed by atoms with Crippen LogP contribution in [-0.2, 0) is 6.42 Å². The number of benzene rings is 1. The molecule has 104 valence electrons. The Morgan fingerprint density at radius 1 is 1.48 bits per heavy atom. The van der Waals surface area contributed by atoms with E-state index in [0.717, 1.165) is 5.56 Å². The molecule has 0 radical (unpaired) electrons. The Morgan fingerprint density at radius 3 is 3.10 bits per heavy atom. The molecule has 0 amide bonds. The molecule has 1 aromatic carbocycles. The summed E-state index contributed by atoms with van der Waals surface area (Å²) >= 11 is 0. The SMILES string of the molecule is N#Cc1cc(Oc2c(F)cc3c(c2C=O)CCN3)ccn1. The van der Waals surface area contributed by atoms with E-state index in [1.807, 2.05) is 6.07 Å². The third kappa shape index (κ3) is 2.30. The molecule has 0 fully saturated rings. The van der Waals surface area contributed by atoms with Gasteiger partial charge in [0.15, 0.2) is 17.9 Å². The summed E-state index contributed by atoms with van der Waals surface area (Å²) in [5, 5.41) is 11.8. The van der Waals surface area contributed by atoms with Gasteiger partial charge in [-0.25, -0.2) is 9.37 Å². The van der Waals surface area contributed by atoms with Gasteiger partial charge in [0.1, 0.15) is 17.5 Å². The Morgan fingerprint density at radius 2 is 2.33 bits per heavy atom. The Labute approximate surface area is 120 Å². The number of aldehydes is 1. The molecule has 0 unspecified atom stereocenters. The summed E-state index contributed by atoms with van der Waals surface area (Å²) in [7, 11) is 0. The number of nitrogens with zero attached hydrogens (tertiary/aromatic N) is 2. The fourth-order valence-electron chi connectivity index (χ4n) is 2.32. The number of pyridine rings is 1. The molecule has 2 aromatic rings. The minimum Gasteiger partial charge on any atom is -0.453 e.